The molecule has 0 N–H and O–H groups in total. The molecule has 0 aliphatic carbocycles. The Morgan fingerprint density at radius 2 is 1.02 bits per heavy atom. The molecule has 8 rings (SSSR count). The van der Waals surface area contributed by atoms with E-state index in [0.717, 1.165) is 50.2 Å². The van der Waals surface area contributed by atoms with E-state index < -0.39 is 0 Å². The topological polar surface area (TPSA) is 73.8 Å². The van der Waals surface area contributed by atoms with Gasteiger partial charge in [0.1, 0.15) is 11.5 Å². The molecule has 40 heavy (non-hydrogen) atoms. The average Bonchev–Trinajstić information content (AvgIpc) is 3.58. The van der Waals surface area contributed by atoms with E-state index in [1.165, 1.54) is 0 Å². The minimum Gasteiger partial charge on any atom is -0.297 e. The van der Waals surface area contributed by atoms with Crippen LogP contribution >= 0.6 is 0 Å². The monoisotopic (exact) mass is 515 g/mol. The van der Waals surface area contributed by atoms with Gasteiger partial charge in [-0.15, -0.1) is 0 Å². The summed E-state index contributed by atoms with van der Waals surface area (Å²) in [5, 5.41) is 0. The quantitative estimate of drug-likeness (QED) is 0.252. The number of nitrogens with zero attached hydrogens (tertiary/aromatic N) is 7. The summed E-state index contributed by atoms with van der Waals surface area (Å²) in [7, 11) is 0. The van der Waals surface area contributed by atoms with Crippen molar-refractivity contribution in [1.29, 1.82) is 0 Å². The molecule has 7 heteroatoms. The molecule has 7 nitrogen and oxygen atoms in total. The van der Waals surface area contributed by atoms with E-state index in [0.29, 0.717) is 17.6 Å². The van der Waals surface area contributed by atoms with Crippen molar-refractivity contribution < 1.29 is 0 Å². The average molecular weight is 516 g/mol. The summed E-state index contributed by atoms with van der Waals surface area (Å²) in [5.74, 6) is 2.44. The summed E-state index contributed by atoms with van der Waals surface area (Å²) in [6.45, 7) is 0. The fraction of sp³-hybridized carbons (Fsp3) is 0. The van der Waals surface area contributed by atoms with Gasteiger partial charge < -0.3 is 0 Å². The molecule has 0 atom stereocenters. The molecule has 0 spiro atoms. The predicted molar refractivity (Wildman–Crippen MR) is 157 cm³/mol. The summed E-state index contributed by atoms with van der Waals surface area (Å²) < 4.78 is 4.13. The molecule has 0 aliphatic heterocycles. The maximum atomic E-state index is 5.09. The van der Waals surface area contributed by atoms with Crippen LogP contribution in [0.25, 0.3) is 67.8 Å². The Hall–Kier alpha value is -5.69. The Bertz CT molecular complexity index is 2090. The van der Waals surface area contributed by atoms with Crippen molar-refractivity contribution in [2.75, 3.05) is 0 Å². The van der Waals surface area contributed by atoms with Gasteiger partial charge in [0.15, 0.2) is 11.6 Å². The Balaban J connectivity index is 1.47. The summed E-state index contributed by atoms with van der Waals surface area (Å²) in [6, 6.07) is 40.3. The summed E-state index contributed by atoms with van der Waals surface area (Å²) in [4.78, 5) is 24.8. The molecule has 0 fully saturated rings. The number of para-hydroxylation sites is 2. The SMILES string of the molecule is c1ccc(-c2nc(-c3ccccc3)nc(-n3c(-c4ccccc4)nc4cc5nc6ccccc6n5cc43)n2)cc1. The van der Waals surface area contributed by atoms with Crippen molar-refractivity contribution in [3.63, 3.8) is 0 Å². The van der Waals surface area contributed by atoms with E-state index >= 15 is 0 Å². The van der Waals surface area contributed by atoms with Crippen molar-refractivity contribution >= 4 is 27.7 Å². The number of fused-ring (bicyclic) bond motifs is 4. The smallest absolute Gasteiger partial charge is 0.240 e. The van der Waals surface area contributed by atoms with Gasteiger partial charge in [0.2, 0.25) is 5.95 Å². The minimum atomic E-state index is 0.498. The molecule has 4 heterocycles. The molecule has 0 amide bonds. The third-order valence-corrected chi connectivity index (χ3v) is 7.00. The zero-order valence-corrected chi connectivity index (χ0v) is 21.3. The fourth-order valence-electron chi connectivity index (χ4n) is 5.11. The molecule has 0 saturated carbocycles. The first-order chi connectivity index (χ1) is 19.8. The summed E-state index contributed by atoms with van der Waals surface area (Å²) >= 11 is 0. The van der Waals surface area contributed by atoms with E-state index in [-0.39, 0.29) is 0 Å². The molecule has 0 saturated heterocycles. The zero-order chi connectivity index (χ0) is 26.5. The van der Waals surface area contributed by atoms with Crippen LogP contribution in [0.15, 0.2) is 128 Å². The van der Waals surface area contributed by atoms with Crippen molar-refractivity contribution in [1.82, 2.24) is 33.9 Å². The van der Waals surface area contributed by atoms with E-state index in [1.54, 1.807) is 0 Å². The highest BCUT2D eigenvalue weighted by Crippen LogP contribution is 2.31. The number of benzene rings is 4. The first kappa shape index (κ1) is 22.3. The second-order valence-corrected chi connectivity index (χ2v) is 9.52. The lowest BCUT2D eigenvalue weighted by Gasteiger charge is -2.12. The van der Waals surface area contributed by atoms with Crippen LogP contribution < -0.4 is 0 Å². The molecular formula is C33H21N7. The number of pyridine rings is 1. The zero-order valence-electron chi connectivity index (χ0n) is 21.3. The van der Waals surface area contributed by atoms with Crippen LogP contribution in [0.5, 0.6) is 0 Å². The highest BCUT2D eigenvalue weighted by Gasteiger charge is 2.21. The van der Waals surface area contributed by atoms with E-state index in [4.69, 9.17) is 24.9 Å². The van der Waals surface area contributed by atoms with Gasteiger partial charge in [0.05, 0.1) is 22.1 Å². The van der Waals surface area contributed by atoms with Gasteiger partial charge in [0, 0.05) is 29.0 Å². The normalized spacial score (nSPS) is 11.5. The third kappa shape index (κ3) is 3.64. The van der Waals surface area contributed by atoms with Crippen molar-refractivity contribution in [2.45, 2.75) is 0 Å². The van der Waals surface area contributed by atoms with Crippen LogP contribution in [0.4, 0.5) is 0 Å². The van der Waals surface area contributed by atoms with Gasteiger partial charge in [-0.25, -0.2) is 15.0 Å². The fourth-order valence-corrected chi connectivity index (χ4v) is 5.11. The highest BCUT2D eigenvalue weighted by atomic mass is 15.2. The molecule has 0 bridgehead atoms. The van der Waals surface area contributed by atoms with Crippen molar-refractivity contribution in [3.8, 4) is 40.1 Å². The maximum absolute atomic E-state index is 5.09. The van der Waals surface area contributed by atoms with Gasteiger partial charge in [0.25, 0.3) is 0 Å². The Labute approximate surface area is 229 Å². The van der Waals surface area contributed by atoms with Gasteiger partial charge in [-0.3, -0.25) is 8.97 Å². The Kier molecular flexibility index (Phi) is 4.99. The first-order valence-corrected chi connectivity index (χ1v) is 13.0. The number of hydrogen-bond acceptors (Lipinski definition) is 5. The van der Waals surface area contributed by atoms with Gasteiger partial charge in [-0.1, -0.05) is 103 Å². The van der Waals surface area contributed by atoms with Crippen LogP contribution in [-0.2, 0) is 0 Å². The molecular weight excluding hydrogens is 494 g/mol. The number of aromatic nitrogens is 7. The standard InChI is InChI=1S/C33H21N7/c1-4-12-22(13-5-1)30-36-31(23-14-6-2-7-15-23)38-33(37-30)40-28-21-39-27-19-11-10-18-25(27)34-29(39)20-26(28)35-32(40)24-16-8-3-9-17-24/h1-21H. The summed E-state index contributed by atoms with van der Waals surface area (Å²) in [5.41, 5.74) is 7.27. The lowest BCUT2D eigenvalue weighted by Crippen LogP contribution is -2.08. The maximum Gasteiger partial charge on any atom is 0.240 e. The summed E-state index contributed by atoms with van der Waals surface area (Å²) in [6.07, 6.45) is 2.08. The predicted octanol–water partition coefficient (Wildman–Crippen LogP) is 7.01. The number of rotatable bonds is 4. The third-order valence-electron chi connectivity index (χ3n) is 7.00. The molecule has 188 valence electrons. The van der Waals surface area contributed by atoms with Gasteiger partial charge in [-0.2, -0.15) is 9.97 Å². The molecule has 0 unspecified atom stereocenters. The molecule has 0 radical (unpaired) electrons. The van der Waals surface area contributed by atoms with Crippen molar-refractivity contribution in [3.05, 3.63) is 128 Å². The van der Waals surface area contributed by atoms with Crippen LogP contribution in [0.2, 0.25) is 0 Å². The van der Waals surface area contributed by atoms with Crippen LogP contribution in [0.3, 0.4) is 0 Å². The van der Waals surface area contributed by atoms with Gasteiger partial charge >= 0.3 is 0 Å². The molecule has 0 aliphatic rings. The van der Waals surface area contributed by atoms with Crippen molar-refractivity contribution in [2.24, 2.45) is 0 Å². The largest absolute Gasteiger partial charge is 0.297 e. The lowest BCUT2D eigenvalue weighted by molar-refractivity contribution is 0.927. The number of hydrogen-bond donors (Lipinski definition) is 0. The van der Waals surface area contributed by atoms with Gasteiger partial charge in [-0.05, 0) is 12.1 Å². The molecule has 8 aromatic rings. The van der Waals surface area contributed by atoms with Crippen LogP contribution in [-0.4, -0.2) is 33.9 Å². The lowest BCUT2D eigenvalue weighted by atomic mass is 10.2. The van der Waals surface area contributed by atoms with E-state index in [1.807, 2.05) is 108 Å². The highest BCUT2D eigenvalue weighted by molar-refractivity contribution is 5.89. The molecule has 4 aromatic heterocycles. The molecule has 4 aromatic carbocycles. The van der Waals surface area contributed by atoms with Crippen LogP contribution in [0, 0.1) is 0 Å². The van der Waals surface area contributed by atoms with Crippen LogP contribution in [0.1, 0.15) is 0 Å². The minimum absolute atomic E-state index is 0.498. The second kappa shape index (κ2) is 8.96. The van der Waals surface area contributed by atoms with E-state index in [2.05, 4.69) is 28.8 Å². The van der Waals surface area contributed by atoms with E-state index in [9.17, 15) is 0 Å². The second-order valence-electron chi connectivity index (χ2n) is 9.52. The Morgan fingerprint density at radius 1 is 0.450 bits per heavy atom. The Morgan fingerprint density at radius 3 is 1.68 bits per heavy atom. The first-order valence-electron chi connectivity index (χ1n) is 13.0. The number of imidazole rings is 2.